The molecule has 0 radical (unpaired) electrons. The van der Waals surface area contributed by atoms with Gasteiger partial charge in [-0.25, -0.2) is 0 Å². The van der Waals surface area contributed by atoms with E-state index in [0.29, 0.717) is 0 Å². The van der Waals surface area contributed by atoms with Crippen LogP contribution in [0.3, 0.4) is 0 Å². The predicted octanol–water partition coefficient (Wildman–Crippen LogP) is 5.79. The Morgan fingerprint density at radius 2 is 0.622 bits per heavy atom. The molecule has 0 fully saturated rings. The van der Waals surface area contributed by atoms with Crippen molar-refractivity contribution in [3.8, 4) is 44.5 Å². The van der Waals surface area contributed by atoms with Gasteiger partial charge in [-0.05, 0) is 22.3 Å². The molecule has 8 aromatic rings. The Kier molecular flexibility index (Phi) is 11.9. The maximum atomic E-state index is 2.27. The minimum Gasteiger partial charge on any atom is -1.00 e. The Balaban J connectivity index is 0.000000192. The molecule has 0 atom stereocenters. The van der Waals surface area contributed by atoms with Gasteiger partial charge in [-0.1, -0.05) is 157 Å². The molecule has 8 aromatic carbocycles. The molecule has 0 heterocycles. The summed E-state index contributed by atoms with van der Waals surface area (Å²) in [5.41, 5.74) is 10.2. The molecule has 0 unspecified atom stereocenters. The second kappa shape index (κ2) is 15.8. The molecule has 0 aliphatic heterocycles. The minimum atomic E-state index is 0. The Bertz CT molecular complexity index is 1870. The van der Waals surface area contributed by atoms with Crippen LogP contribution < -0.4 is 24.8 Å². The quantitative estimate of drug-likeness (QED) is 0.205. The molecule has 0 saturated carbocycles. The third-order valence-electron chi connectivity index (χ3n) is 7.84. The molecule has 0 amide bonds. The van der Waals surface area contributed by atoms with E-state index in [1.54, 1.807) is 0 Å². The van der Waals surface area contributed by atoms with Gasteiger partial charge in [-0.15, -0.1) is 69.1 Å². The molecule has 0 aliphatic rings. The van der Waals surface area contributed by atoms with Crippen molar-refractivity contribution >= 4 is 21.5 Å². The standard InChI is InChI=1S/2C21H15.2ClH.Zr/c2*1-2-7-16(8-3-1)17-11-6-12-20(13-17)21-14-18-9-4-5-10-19(18)15-21;;;/h2*1-15H;2*1H;/q2*-1;;;+4/p-2. The summed E-state index contributed by atoms with van der Waals surface area (Å²) in [7, 11) is 0. The summed E-state index contributed by atoms with van der Waals surface area (Å²) in [4.78, 5) is 0. The number of fused-ring (bicyclic) bond motifs is 2. The fourth-order valence-corrected chi connectivity index (χ4v) is 5.65. The van der Waals surface area contributed by atoms with Crippen LogP contribution in [0.4, 0.5) is 0 Å². The van der Waals surface area contributed by atoms with Crippen molar-refractivity contribution in [2.45, 2.75) is 0 Å². The van der Waals surface area contributed by atoms with Gasteiger partial charge in [0.05, 0.1) is 0 Å². The molecule has 0 N–H and O–H groups in total. The van der Waals surface area contributed by atoms with Crippen LogP contribution in [0.15, 0.2) is 182 Å². The third-order valence-corrected chi connectivity index (χ3v) is 7.84. The van der Waals surface area contributed by atoms with Gasteiger partial charge in [-0.2, -0.15) is 0 Å². The first kappa shape index (κ1) is 33.9. The molecule has 0 aromatic heterocycles. The summed E-state index contributed by atoms with van der Waals surface area (Å²) >= 11 is 0. The predicted molar refractivity (Wildman–Crippen MR) is 181 cm³/mol. The fourth-order valence-electron chi connectivity index (χ4n) is 5.65. The van der Waals surface area contributed by atoms with Crippen LogP contribution >= 0.6 is 0 Å². The Morgan fingerprint density at radius 3 is 1.02 bits per heavy atom. The SMILES string of the molecule is [Cl-].[Cl-].[Zr+4].c1ccc(-c2cccc(-c3cc4ccccc4[cH-]3)c2)cc1.c1ccc(-c2cccc(-c3cc4ccccc4[cH-]3)c2)cc1. The van der Waals surface area contributed by atoms with E-state index in [1.807, 2.05) is 0 Å². The average molecular weight is 697 g/mol. The van der Waals surface area contributed by atoms with Gasteiger partial charge in [0.15, 0.2) is 0 Å². The zero-order valence-electron chi connectivity index (χ0n) is 24.6. The molecular weight excluding hydrogens is 667 g/mol. The summed E-state index contributed by atoms with van der Waals surface area (Å²) in [6, 6.07) is 64.6. The van der Waals surface area contributed by atoms with E-state index in [9.17, 15) is 0 Å². The maximum Gasteiger partial charge on any atom is 4.00 e. The van der Waals surface area contributed by atoms with E-state index in [1.165, 1.54) is 66.1 Å². The second-order valence-electron chi connectivity index (χ2n) is 10.6. The van der Waals surface area contributed by atoms with E-state index in [-0.39, 0.29) is 51.0 Å². The Morgan fingerprint density at radius 1 is 0.289 bits per heavy atom. The molecule has 45 heavy (non-hydrogen) atoms. The van der Waals surface area contributed by atoms with Crippen molar-refractivity contribution in [2.24, 2.45) is 0 Å². The number of hydrogen-bond acceptors (Lipinski definition) is 0. The zero-order valence-corrected chi connectivity index (χ0v) is 28.5. The van der Waals surface area contributed by atoms with Crippen molar-refractivity contribution in [3.63, 3.8) is 0 Å². The van der Waals surface area contributed by atoms with Gasteiger partial charge >= 0.3 is 26.2 Å². The molecule has 0 saturated heterocycles. The Labute approximate surface area is 297 Å². The van der Waals surface area contributed by atoms with Crippen molar-refractivity contribution in [3.05, 3.63) is 182 Å². The molecule has 0 nitrogen and oxygen atoms in total. The smallest absolute Gasteiger partial charge is 1.00 e. The first-order valence-corrected chi connectivity index (χ1v) is 14.4. The maximum absolute atomic E-state index is 2.27. The van der Waals surface area contributed by atoms with E-state index >= 15 is 0 Å². The van der Waals surface area contributed by atoms with Gasteiger partial charge in [0.2, 0.25) is 0 Å². The third kappa shape index (κ3) is 7.81. The molecule has 8 rings (SSSR count). The van der Waals surface area contributed by atoms with Crippen LogP contribution in [0.2, 0.25) is 0 Å². The van der Waals surface area contributed by atoms with Crippen LogP contribution in [0.5, 0.6) is 0 Å². The van der Waals surface area contributed by atoms with Crippen LogP contribution in [0.25, 0.3) is 66.1 Å². The van der Waals surface area contributed by atoms with E-state index in [0.717, 1.165) is 0 Å². The van der Waals surface area contributed by atoms with Crippen LogP contribution in [0, 0.1) is 0 Å². The van der Waals surface area contributed by atoms with Gasteiger partial charge in [0, 0.05) is 0 Å². The summed E-state index contributed by atoms with van der Waals surface area (Å²) in [6.45, 7) is 0. The first-order valence-electron chi connectivity index (χ1n) is 14.4. The average Bonchev–Trinajstić information content (AvgIpc) is 3.71. The number of hydrogen-bond donors (Lipinski definition) is 0. The van der Waals surface area contributed by atoms with Crippen molar-refractivity contribution in [1.82, 2.24) is 0 Å². The number of halogens is 2. The molecule has 0 spiro atoms. The molecule has 0 aliphatic carbocycles. The van der Waals surface area contributed by atoms with Crippen LogP contribution in [-0.4, -0.2) is 0 Å². The monoisotopic (exact) mass is 694 g/mol. The Hall–Kier alpha value is -4.00. The van der Waals surface area contributed by atoms with Crippen molar-refractivity contribution < 1.29 is 51.0 Å². The van der Waals surface area contributed by atoms with Gasteiger partial charge in [0.1, 0.15) is 0 Å². The van der Waals surface area contributed by atoms with Crippen molar-refractivity contribution in [2.75, 3.05) is 0 Å². The largest absolute Gasteiger partial charge is 4.00 e. The van der Waals surface area contributed by atoms with E-state index in [2.05, 4.69) is 182 Å². The fraction of sp³-hybridized carbons (Fsp3) is 0. The molecule has 0 bridgehead atoms. The minimum absolute atomic E-state index is 0. The van der Waals surface area contributed by atoms with Gasteiger partial charge < -0.3 is 24.8 Å². The van der Waals surface area contributed by atoms with Gasteiger partial charge in [-0.3, -0.25) is 0 Å². The summed E-state index contributed by atoms with van der Waals surface area (Å²) in [5.74, 6) is 0. The summed E-state index contributed by atoms with van der Waals surface area (Å²) < 4.78 is 0. The normalized spacial score (nSPS) is 10.1. The van der Waals surface area contributed by atoms with Crippen LogP contribution in [0.1, 0.15) is 0 Å². The van der Waals surface area contributed by atoms with Gasteiger partial charge in [0.25, 0.3) is 0 Å². The van der Waals surface area contributed by atoms with Crippen LogP contribution in [-0.2, 0) is 26.2 Å². The van der Waals surface area contributed by atoms with E-state index in [4.69, 9.17) is 0 Å². The molecule has 216 valence electrons. The zero-order chi connectivity index (χ0) is 28.1. The topological polar surface area (TPSA) is 0 Å². The summed E-state index contributed by atoms with van der Waals surface area (Å²) in [6.07, 6.45) is 0. The van der Waals surface area contributed by atoms with Crippen molar-refractivity contribution in [1.29, 1.82) is 0 Å². The molecule has 3 heteroatoms. The van der Waals surface area contributed by atoms with E-state index < -0.39 is 0 Å². The number of benzene rings is 6. The number of rotatable bonds is 4. The summed E-state index contributed by atoms with van der Waals surface area (Å²) in [5, 5.41) is 5.21. The first-order chi connectivity index (χ1) is 20.8. The second-order valence-corrected chi connectivity index (χ2v) is 10.6. The molecular formula is C42H30Cl2Zr.